The summed E-state index contributed by atoms with van der Waals surface area (Å²) in [4.78, 5) is 20.2. The number of imidazole rings is 1. The van der Waals surface area contributed by atoms with E-state index < -0.39 is 0 Å². The van der Waals surface area contributed by atoms with Gasteiger partial charge in [-0.3, -0.25) is 9.78 Å². The van der Waals surface area contributed by atoms with Crippen molar-refractivity contribution in [2.45, 2.75) is 13.1 Å². The molecule has 0 aliphatic carbocycles. The Hall–Kier alpha value is -2.47. The molecule has 1 aromatic carbocycles. The maximum atomic E-state index is 12.1. The smallest absolute Gasteiger partial charge is 0.253 e. The van der Waals surface area contributed by atoms with Crippen molar-refractivity contribution in [3.8, 4) is 0 Å². The lowest BCUT2D eigenvalue weighted by molar-refractivity contribution is 0.0950. The third kappa shape index (κ3) is 4.26. The number of benzene rings is 1. The van der Waals surface area contributed by atoms with E-state index in [1.807, 2.05) is 22.9 Å². The first-order chi connectivity index (χ1) is 11.2. The summed E-state index contributed by atoms with van der Waals surface area (Å²) in [5.74, 6) is -0.140. The van der Waals surface area contributed by atoms with E-state index in [-0.39, 0.29) is 5.91 Å². The third-order valence-electron chi connectivity index (χ3n) is 3.34. The second kappa shape index (κ2) is 7.19. The van der Waals surface area contributed by atoms with Crippen molar-refractivity contribution in [3.63, 3.8) is 0 Å². The molecule has 3 aromatic rings. The van der Waals surface area contributed by atoms with E-state index in [2.05, 4.69) is 43.3 Å². The zero-order chi connectivity index (χ0) is 16.1. The molecule has 0 bridgehead atoms. The maximum absolute atomic E-state index is 12.1. The van der Waals surface area contributed by atoms with Crippen LogP contribution in [-0.4, -0.2) is 20.4 Å². The van der Waals surface area contributed by atoms with Crippen LogP contribution >= 0.6 is 15.9 Å². The molecule has 3 rings (SSSR count). The zero-order valence-corrected chi connectivity index (χ0v) is 13.9. The predicted molar refractivity (Wildman–Crippen MR) is 90.9 cm³/mol. The number of halogens is 1. The van der Waals surface area contributed by atoms with E-state index in [0.29, 0.717) is 12.1 Å². The Morgan fingerprint density at radius 1 is 1.17 bits per heavy atom. The molecule has 6 heteroatoms. The van der Waals surface area contributed by atoms with Gasteiger partial charge in [0.2, 0.25) is 0 Å². The van der Waals surface area contributed by atoms with E-state index in [9.17, 15) is 4.79 Å². The number of nitrogens with zero attached hydrogens (tertiary/aromatic N) is 3. The minimum Gasteiger partial charge on any atom is -0.348 e. The van der Waals surface area contributed by atoms with E-state index in [1.165, 1.54) is 5.56 Å². The van der Waals surface area contributed by atoms with Crippen LogP contribution in [0.15, 0.2) is 65.9 Å². The fourth-order valence-electron chi connectivity index (χ4n) is 2.25. The average molecular weight is 371 g/mol. The second-order valence-corrected chi connectivity index (χ2v) is 6.05. The molecule has 0 saturated carbocycles. The first-order valence-corrected chi connectivity index (χ1v) is 7.92. The molecule has 0 saturated heterocycles. The van der Waals surface area contributed by atoms with Crippen LogP contribution in [0.25, 0.3) is 0 Å². The van der Waals surface area contributed by atoms with Crippen molar-refractivity contribution in [1.29, 1.82) is 0 Å². The maximum Gasteiger partial charge on any atom is 0.253 e. The van der Waals surface area contributed by atoms with Crippen molar-refractivity contribution in [2.75, 3.05) is 0 Å². The van der Waals surface area contributed by atoms with Crippen molar-refractivity contribution in [3.05, 3.63) is 82.6 Å². The highest BCUT2D eigenvalue weighted by molar-refractivity contribution is 9.10. The van der Waals surface area contributed by atoms with Gasteiger partial charge in [0.15, 0.2) is 0 Å². The van der Waals surface area contributed by atoms with Gasteiger partial charge in [0.05, 0.1) is 11.9 Å². The number of carbonyl (C=O) groups excluding carboxylic acids is 1. The Labute approximate surface area is 142 Å². The summed E-state index contributed by atoms with van der Waals surface area (Å²) in [6.07, 6.45) is 8.67. The molecule has 2 aromatic heterocycles. The van der Waals surface area contributed by atoms with Crippen LogP contribution in [0, 0.1) is 0 Å². The number of aromatic nitrogens is 3. The van der Waals surface area contributed by atoms with Gasteiger partial charge in [0.1, 0.15) is 0 Å². The highest BCUT2D eigenvalue weighted by Crippen LogP contribution is 2.10. The normalized spacial score (nSPS) is 10.5. The van der Waals surface area contributed by atoms with Crippen LogP contribution in [0.5, 0.6) is 0 Å². The van der Waals surface area contributed by atoms with E-state index in [1.54, 1.807) is 31.0 Å². The standard InChI is InChI=1S/C17H15BrN4O/c18-16-7-15(9-20-10-16)17(23)21-8-13-2-1-3-14(6-13)11-22-5-4-19-12-22/h1-7,9-10,12H,8,11H2,(H,21,23). The summed E-state index contributed by atoms with van der Waals surface area (Å²) in [6, 6.07) is 9.88. The molecule has 2 heterocycles. The molecule has 1 amide bonds. The van der Waals surface area contributed by atoms with E-state index in [0.717, 1.165) is 16.6 Å². The number of hydrogen-bond donors (Lipinski definition) is 1. The summed E-state index contributed by atoms with van der Waals surface area (Å²) in [5.41, 5.74) is 2.76. The fraction of sp³-hybridized carbons (Fsp3) is 0.118. The quantitative estimate of drug-likeness (QED) is 0.750. The van der Waals surface area contributed by atoms with Crippen molar-refractivity contribution < 1.29 is 4.79 Å². The molecule has 0 spiro atoms. The Kier molecular flexibility index (Phi) is 4.83. The number of rotatable bonds is 5. The van der Waals surface area contributed by atoms with Gasteiger partial charge in [-0.25, -0.2) is 4.98 Å². The molecule has 5 nitrogen and oxygen atoms in total. The van der Waals surface area contributed by atoms with Gasteiger partial charge in [-0.15, -0.1) is 0 Å². The van der Waals surface area contributed by atoms with Gasteiger partial charge in [-0.1, -0.05) is 24.3 Å². The SMILES string of the molecule is O=C(NCc1cccc(Cn2ccnc2)c1)c1cncc(Br)c1. The van der Waals surface area contributed by atoms with Crippen LogP contribution < -0.4 is 5.32 Å². The fourth-order valence-corrected chi connectivity index (χ4v) is 2.61. The van der Waals surface area contributed by atoms with Crippen molar-refractivity contribution >= 4 is 21.8 Å². The van der Waals surface area contributed by atoms with E-state index >= 15 is 0 Å². The highest BCUT2D eigenvalue weighted by Gasteiger charge is 2.06. The number of nitrogens with one attached hydrogen (secondary N) is 1. The van der Waals surface area contributed by atoms with Crippen LogP contribution in [0.4, 0.5) is 0 Å². The topological polar surface area (TPSA) is 59.8 Å². The van der Waals surface area contributed by atoms with Crippen LogP contribution in [-0.2, 0) is 13.1 Å². The summed E-state index contributed by atoms with van der Waals surface area (Å²) < 4.78 is 2.79. The Morgan fingerprint density at radius 2 is 2.04 bits per heavy atom. The van der Waals surface area contributed by atoms with Gasteiger partial charge in [-0.05, 0) is 33.1 Å². The zero-order valence-electron chi connectivity index (χ0n) is 12.3. The molecule has 0 aliphatic heterocycles. The summed E-state index contributed by atoms with van der Waals surface area (Å²) >= 11 is 3.31. The molecular formula is C17H15BrN4O. The molecule has 0 fully saturated rings. The monoisotopic (exact) mass is 370 g/mol. The Balaban J connectivity index is 1.63. The number of carbonyl (C=O) groups is 1. The first-order valence-electron chi connectivity index (χ1n) is 7.13. The molecule has 0 atom stereocenters. The number of hydrogen-bond acceptors (Lipinski definition) is 3. The molecule has 0 aliphatic rings. The van der Waals surface area contributed by atoms with Crippen LogP contribution in [0.1, 0.15) is 21.5 Å². The summed E-state index contributed by atoms with van der Waals surface area (Å²) in [5, 5.41) is 2.91. The van der Waals surface area contributed by atoms with Crippen molar-refractivity contribution in [1.82, 2.24) is 19.9 Å². The molecule has 0 radical (unpaired) electrons. The molecule has 0 unspecified atom stereocenters. The summed E-state index contributed by atoms with van der Waals surface area (Å²) in [7, 11) is 0. The van der Waals surface area contributed by atoms with E-state index in [4.69, 9.17) is 0 Å². The molecule has 23 heavy (non-hydrogen) atoms. The third-order valence-corrected chi connectivity index (χ3v) is 3.77. The van der Waals surface area contributed by atoms with Crippen LogP contribution in [0.2, 0.25) is 0 Å². The average Bonchev–Trinajstić information content (AvgIpc) is 3.06. The van der Waals surface area contributed by atoms with Crippen LogP contribution in [0.3, 0.4) is 0 Å². The first kappa shape index (κ1) is 15.4. The molecule has 1 N–H and O–H groups in total. The highest BCUT2D eigenvalue weighted by atomic mass is 79.9. The predicted octanol–water partition coefficient (Wildman–Crippen LogP) is 3.02. The largest absolute Gasteiger partial charge is 0.348 e. The second-order valence-electron chi connectivity index (χ2n) is 5.13. The van der Waals surface area contributed by atoms with Gasteiger partial charge in [-0.2, -0.15) is 0 Å². The minimum absolute atomic E-state index is 0.140. The van der Waals surface area contributed by atoms with Crippen molar-refractivity contribution in [2.24, 2.45) is 0 Å². The Bertz CT molecular complexity index is 802. The molecule has 116 valence electrons. The number of amides is 1. The lowest BCUT2D eigenvalue weighted by Gasteiger charge is -2.08. The lowest BCUT2D eigenvalue weighted by atomic mass is 10.1. The van der Waals surface area contributed by atoms with Gasteiger partial charge in [0, 0.05) is 42.3 Å². The Morgan fingerprint density at radius 3 is 2.83 bits per heavy atom. The van der Waals surface area contributed by atoms with Gasteiger partial charge in [0.25, 0.3) is 5.91 Å². The van der Waals surface area contributed by atoms with Gasteiger partial charge < -0.3 is 9.88 Å². The number of pyridine rings is 1. The minimum atomic E-state index is -0.140. The molecular weight excluding hydrogens is 356 g/mol. The lowest BCUT2D eigenvalue weighted by Crippen LogP contribution is -2.23. The summed E-state index contributed by atoms with van der Waals surface area (Å²) in [6.45, 7) is 1.24. The van der Waals surface area contributed by atoms with Gasteiger partial charge >= 0.3 is 0 Å².